The first kappa shape index (κ1) is 19.8. The standard InChI is InChI=1S/C21H32N4O2/c1-20(2,3)19-22-12-14-15(10-21(4,5)11-16(14)24-19)23-17(26)13-25-9-7-6-8-18(25)27/h12,15H,6-11,13H2,1-5H3,(H,23,26)/t15-/m0/s1. The minimum Gasteiger partial charge on any atom is -0.348 e. The van der Waals surface area contributed by atoms with Crippen LogP contribution >= 0.6 is 0 Å². The van der Waals surface area contributed by atoms with E-state index in [0.29, 0.717) is 13.0 Å². The summed E-state index contributed by atoms with van der Waals surface area (Å²) in [6.45, 7) is 11.6. The summed E-state index contributed by atoms with van der Waals surface area (Å²) in [5.74, 6) is 0.820. The second kappa shape index (κ2) is 7.21. The van der Waals surface area contributed by atoms with Gasteiger partial charge in [-0.25, -0.2) is 9.97 Å². The van der Waals surface area contributed by atoms with Crippen LogP contribution in [0.5, 0.6) is 0 Å². The average Bonchev–Trinajstić information content (AvgIpc) is 2.54. The number of carbonyl (C=O) groups is 2. The number of nitrogens with one attached hydrogen (secondary N) is 1. The van der Waals surface area contributed by atoms with Crippen molar-refractivity contribution >= 4 is 11.8 Å². The van der Waals surface area contributed by atoms with Crippen molar-refractivity contribution in [3.05, 3.63) is 23.3 Å². The number of hydrogen-bond donors (Lipinski definition) is 1. The Morgan fingerprint density at radius 1 is 1.33 bits per heavy atom. The third kappa shape index (κ3) is 4.66. The fourth-order valence-electron chi connectivity index (χ4n) is 3.98. The van der Waals surface area contributed by atoms with Crippen LogP contribution in [0, 0.1) is 5.41 Å². The molecule has 1 aliphatic carbocycles. The first-order chi connectivity index (χ1) is 12.5. The Morgan fingerprint density at radius 2 is 2.07 bits per heavy atom. The summed E-state index contributed by atoms with van der Waals surface area (Å²) in [7, 11) is 0. The lowest BCUT2D eigenvalue weighted by Crippen LogP contribution is -2.45. The molecule has 1 aromatic heterocycles. The molecular formula is C21H32N4O2. The van der Waals surface area contributed by atoms with E-state index in [1.165, 1.54) is 0 Å². The molecule has 1 saturated heterocycles. The molecule has 1 aromatic rings. The zero-order chi connectivity index (χ0) is 19.8. The van der Waals surface area contributed by atoms with Crippen molar-refractivity contribution in [2.45, 2.75) is 78.2 Å². The highest BCUT2D eigenvalue weighted by Gasteiger charge is 2.35. The van der Waals surface area contributed by atoms with E-state index in [1.54, 1.807) is 4.90 Å². The maximum Gasteiger partial charge on any atom is 0.240 e. The normalized spacial score (nSPS) is 22.3. The van der Waals surface area contributed by atoms with Crippen LogP contribution in [-0.2, 0) is 21.4 Å². The molecule has 1 fully saturated rings. The van der Waals surface area contributed by atoms with Crippen LogP contribution in [-0.4, -0.2) is 39.8 Å². The Balaban J connectivity index is 1.77. The van der Waals surface area contributed by atoms with Gasteiger partial charge in [-0.15, -0.1) is 0 Å². The number of carbonyl (C=O) groups excluding carboxylic acids is 2. The van der Waals surface area contributed by atoms with E-state index in [9.17, 15) is 9.59 Å². The summed E-state index contributed by atoms with van der Waals surface area (Å²) in [5.41, 5.74) is 1.99. The van der Waals surface area contributed by atoms with Crippen molar-refractivity contribution < 1.29 is 9.59 Å². The van der Waals surface area contributed by atoms with Gasteiger partial charge >= 0.3 is 0 Å². The molecule has 3 rings (SSSR count). The molecule has 0 aromatic carbocycles. The van der Waals surface area contributed by atoms with Crippen LogP contribution < -0.4 is 5.32 Å². The van der Waals surface area contributed by atoms with Gasteiger partial charge in [0.25, 0.3) is 0 Å². The van der Waals surface area contributed by atoms with E-state index in [0.717, 1.165) is 42.8 Å². The Kier molecular flexibility index (Phi) is 5.28. The number of nitrogens with zero attached hydrogens (tertiary/aromatic N) is 3. The molecular weight excluding hydrogens is 340 g/mol. The second-order valence-electron chi connectivity index (χ2n) is 9.78. The molecule has 2 amide bonds. The highest BCUT2D eigenvalue weighted by molar-refractivity contribution is 5.85. The molecule has 2 heterocycles. The zero-order valence-electron chi connectivity index (χ0n) is 17.3. The third-order valence-electron chi connectivity index (χ3n) is 5.44. The predicted molar refractivity (Wildman–Crippen MR) is 104 cm³/mol. The number of fused-ring (bicyclic) bond motifs is 1. The van der Waals surface area contributed by atoms with Gasteiger partial charge in [0.15, 0.2) is 0 Å². The van der Waals surface area contributed by atoms with Gasteiger partial charge in [0, 0.05) is 35.8 Å². The predicted octanol–water partition coefficient (Wildman–Crippen LogP) is 2.92. The van der Waals surface area contributed by atoms with Gasteiger partial charge in [-0.2, -0.15) is 0 Å². The lowest BCUT2D eigenvalue weighted by atomic mass is 9.74. The number of rotatable bonds is 3. The monoisotopic (exact) mass is 372 g/mol. The SMILES string of the molecule is CC1(C)Cc2nc(C(C)(C)C)ncc2[C@@H](NC(=O)CN2CCCCC2=O)C1. The van der Waals surface area contributed by atoms with E-state index < -0.39 is 0 Å². The molecule has 1 N–H and O–H groups in total. The van der Waals surface area contributed by atoms with Gasteiger partial charge < -0.3 is 10.2 Å². The molecule has 0 unspecified atom stereocenters. The van der Waals surface area contributed by atoms with Crippen molar-refractivity contribution in [3.8, 4) is 0 Å². The molecule has 0 spiro atoms. The van der Waals surface area contributed by atoms with Crippen LogP contribution in [0.15, 0.2) is 6.20 Å². The van der Waals surface area contributed by atoms with Gasteiger partial charge in [-0.1, -0.05) is 34.6 Å². The Morgan fingerprint density at radius 3 is 2.74 bits per heavy atom. The summed E-state index contributed by atoms with van der Waals surface area (Å²) in [4.78, 5) is 35.7. The number of amides is 2. The van der Waals surface area contributed by atoms with Crippen LogP contribution in [0.1, 0.15) is 83.4 Å². The zero-order valence-corrected chi connectivity index (χ0v) is 17.3. The smallest absolute Gasteiger partial charge is 0.240 e. The summed E-state index contributed by atoms with van der Waals surface area (Å²) in [6, 6.07) is -0.106. The Bertz CT molecular complexity index is 736. The maximum absolute atomic E-state index is 12.6. The fraction of sp³-hybridized carbons (Fsp3) is 0.714. The van der Waals surface area contributed by atoms with Crippen molar-refractivity contribution in [2.75, 3.05) is 13.1 Å². The molecule has 27 heavy (non-hydrogen) atoms. The fourth-order valence-corrected chi connectivity index (χ4v) is 3.98. The molecule has 2 aliphatic rings. The third-order valence-corrected chi connectivity index (χ3v) is 5.44. The van der Waals surface area contributed by atoms with E-state index in [2.05, 4.69) is 44.9 Å². The number of likely N-dealkylation sites (tertiary alicyclic amines) is 1. The molecule has 6 nitrogen and oxygen atoms in total. The largest absolute Gasteiger partial charge is 0.348 e. The summed E-state index contributed by atoms with van der Waals surface area (Å²) in [6.07, 6.45) is 6.06. The highest BCUT2D eigenvalue weighted by Crippen LogP contribution is 2.40. The minimum atomic E-state index is -0.107. The number of hydrogen-bond acceptors (Lipinski definition) is 4. The maximum atomic E-state index is 12.6. The van der Waals surface area contributed by atoms with Gasteiger partial charge in [-0.3, -0.25) is 9.59 Å². The van der Waals surface area contributed by atoms with Gasteiger partial charge in [-0.05, 0) is 31.1 Å². The summed E-state index contributed by atoms with van der Waals surface area (Å²) < 4.78 is 0. The minimum absolute atomic E-state index is 0.0510. The Labute approximate surface area is 162 Å². The van der Waals surface area contributed by atoms with Gasteiger partial charge in [0.1, 0.15) is 5.82 Å². The van der Waals surface area contributed by atoms with Crippen LogP contribution in [0.4, 0.5) is 0 Å². The topological polar surface area (TPSA) is 75.2 Å². The van der Waals surface area contributed by atoms with E-state index in [4.69, 9.17) is 4.98 Å². The number of aromatic nitrogens is 2. The van der Waals surface area contributed by atoms with Crippen molar-refractivity contribution in [1.82, 2.24) is 20.2 Å². The lowest BCUT2D eigenvalue weighted by Gasteiger charge is -2.37. The molecule has 0 saturated carbocycles. The van der Waals surface area contributed by atoms with Crippen molar-refractivity contribution in [1.29, 1.82) is 0 Å². The molecule has 0 bridgehead atoms. The second-order valence-corrected chi connectivity index (χ2v) is 9.78. The van der Waals surface area contributed by atoms with Crippen LogP contribution in [0.3, 0.4) is 0 Å². The van der Waals surface area contributed by atoms with Crippen molar-refractivity contribution in [3.63, 3.8) is 0 Å². The lowest BCUT2D eigenvalue weighted by molar-refractivity contribution is -0.138. The molecule has 1 aliphatic heterocycles. The molecule has 148 valence electrons. The average molecular weight is 373 g/mol. The quantitative estimate of drug-likeness (QED) is 0.885. The first-order valence-corrected chi connectivity index (χ1v) is 9.99. The molecule has 1 atom stereocenters. The van der Waals surface area contributed by atoms with Gasteiger partial charge in [0.05, 0.1) is 12.6 Å². The van der Waals surface area contributed by atoms with Crippen molar-refractivity contribution in [2.24, 2.45) is 5.41 Å². The van der Waals surface area contributed by atoms with Crippen LogP contribution in [0.25, 0.3) is 0 Å². The van der Waals surface area contributed by atoms with E-state index >= 15 is 0 Å². The molecule has 6 heteroatoms. The van der Waals surface area contributed by atoms with Crippen LogP contribution in [0.2, 0.25) is 0 Å². The number of piperidine rings is 1. The van der Waals surface area contributed by atoms with Gasteiger partial charge in [0.2, 0.25) is 11.8 Å². The highest BCUT2D eigenvalue weighted by atomic mass is 16.2. The van der Waals surface area contributed by atoms with E-state index in [1.807, 2.05) is 6.20 Å². The first-order valence-electron chi connectivity index (χ1n) is 9.99. The summed E-state index contributed by atoms with van der Waals surface area (Å²) in [5, 5.41) is 3.14. The molecule has 0 radical (unpaired) electrons. The summed E-state index contributed by atoms with van der Waals surface area (Å²) >= 11 is 0. The van der Waals surface area contributed by atoms with E-state index in [-0.39, 0.29) is 35.2 Å². The Hall–Kier alpha value is -1.98.